The van der Waals surface area contributed by atoms with Gasteiger partial charge >= 0.3 is 0 Å². The van der Waals surface area contributed by atoms with Crippen LogP contribution < -0.4 is 15.6 Å². The van der Waals surface area contributed by atoms with Crippen LogP contribution in [0.4, 0.5) is 4.39 Å². The molecular formula is C23H23FN4O4S. The van der Waals surface area contributed by atoms with Crippen molar-refractivity contribution >= 4 is 27.5 Å². The van der Waals surface area contributed by atoms with Crippen LogP contribution in [0.1, 0.15) is 41.0 Å². The summed E-state index contributed by atoms with van der Waals surface area (Å²) in [5, 5.41) is 13.9. The highest BCUT2D eigenvalue weighted by atomic mass is 32.1. The summed E-state index contributed by atoms with van der Waals surface area (Å²) in [5.41, 5.74) is 0.965. The van der Waals surface area contributed by atoms with E-state index >= 15 is 0 Å². The number of halogens is 1. The summed E-state index contributed by atoms with van der Waals surface area (Å²) in [5.74, 6) is -0.562. The highest BCUT2D eigenvalue weighted by molar-refractivity contribution is 7.16. The van der Waals surface area contributed by atoms with Gasteiger partial charge in [-0.15, -0.1) is 11.3 Å². The molecule has 0 bridgehead atoms. The monoisotopic (exact) mass is 470 g/mol. The number of aromatic amines is 1. The van der Waals surface area contributed by atoms with Crippen molar-refractivity contribution < 1.29 is 18.7 Å². The molecule has 1 aromatic carbocycles. The highest BCUT2D eigenvalue weighted by Crippen LogP contribution is 2.31. The van der Waals surface area contributed by atoms with Gasteiger partial charge in [0.2, 0.25) is 5.82 Å². The van der Waals surface area contributed by atoms with Gasteiger partial charge in [0.25, 0.3) is 11.5 Å². The number of nitrogens with zero attached hydrogens (tertiary/aromatic N) is 2. The number of thiophene rings is 1. The van der Waals surface area contributed by atoms with Crippen molar-refractivity contribution in [2.45, 2.75) is 32.4 Å². The zero-order valence-electron chi connectivity index (χ0n) is 18.0. The van der Waals surface area contributed by atoms with E-state index in [0.717, 1.165) is 24.8 Å². The number of hydrogen-bond acceptors (Lipinski definition) is 7. The average Bonchev–Trinajstić information content (AvgIpc) is 3.45. The lowest BCUT2D eigenvalue weighted by atomic mass is 10.1. The van der Waals surface area contributed by atoms with Crippen molar-refractivity contribution in [3.8, 4) is 11.8 Å². The average molecular weight is 471 g/mol. The van der Waals surface area contributed by atoms with Gasteiger partial charge in [-0.05, 0) is 48.3 Å². The van der Waals surface area contributed by atoms with Crippen LogP contribution in [0.3, 0.4) is 0 Å². The molecule has 0 spiro atoms. The molecule has 1 aliphatic carbocycles. The molecular weight excluding hydrogens is 447 g/mol. The van der Waals surface area contributed by atoms with Gasteiger partial charge in [-0.1, -0.05) is 6.07 Å². The number of fused-ring (bicyclic) bond motifs is 1. The molecule has 3 aromatic rings. The molecule has 33 heavy (non-hydrogen) atoms. The van der Waals surface area contributed by atoms with Crippen molar-refractivity contribution in [1.82, 2.24) is 15.3 Å². The van der Waals surface area contributed by atoms with Crippen molar-refractivity contribution in [2.24, 2.45) is 11.8 Å². The first-order chi connectivity index (χ1) is 16.0. The van der Waals surface area contributed by atoms with Crippen LogP contribution in [0, 0.1) is 29.0 Å². The van der Waals surface area contributed by atoms with Gasteiger partial charge in [0, 0.05) is 24.6 Å². The van der Waals surface area contributed by atoms with E-state index in [1.54, 1.807) is 0 Å². The SMILES string of the molecule is COc1cc(CNC(=O)c2nc3scc(COCC4CCC(C#N)C4)c3c(=O)[nH]2)ccc1F. The Bertz CT molecular complexity index is 1270. The number of nitrogens with one attached hydrogen (secondary N) is 2. The molecule has 2 atom stereocenters. The fourth-order valence-electron chi connectivity index (χ4n) is 3.98. The van der Waals surface area contributed by atoms with Crippen LogP contribution >= 0.6 is 11.3 Å². The van der Waals surface area contributed by atoms with Crippen LogP contribution in [0.2, 0.25) is 0 Å². The third-order valence-electron chi connectivity index (χ3n) is 5.74. The molecule has 0 saturated heterocycles. The maximum absolute atomic E-state index is 13.5. The van der Waals surface area contributed by atoms with Crippen LogP contribution in [0.15, 0.2) is 28.4 Å². The third-order valence-corrected chi connectivity index (χ3v) is 6.66. The Morgan fingerprint density at radius 2 is 2.27 bits per heavy atom. The Morgan fingerprint density at radius 3 is 3.03 bits per heavy atom. The summed E-state index contributed by atoms with van der Waals surface area (Å²) in [7, 11) is 1.36. The maximum Gasteiger partial charge on any atom is 0.287 e. The number of carbonyl (C=O) groups excluding carboxylic acids is 1. The number of amides is 1. The zero-order valence-corrected chi connectivity index (χ0v) is 18.8. The molecule has 2 N–H and O–H groups in total. The molecule has 172 valence electrons. The second-order valence-corrected chi connectivity index (χ2v) is 8.89. The fraction of sp³-hybridized carbons (Fsp3) is 0.391. The van der Waals surface area contributed by atoms with E-state index in [4.69, 9.17) is 14.7 Å². The Morgan fingerprint density at radius 1 is 1.42 bits per heavy atom. The predicted molar refractivity (Wildman–Crippen MR) is 120 cm³/mol. The first-order valence-electron chi connectivity index (χ1n) is 10.6. The molecule has 8 nitrogen and oxygen atoms in total. The van der Waals surface area contributed by atoms with Crippen molar-refractivity contribution in [2.75, 3.05) is 13.7 Å². The Kier molecular flexibility index (Phi) is 7.01. The molecule has 0 aliphatic heterocycles. The number of methoxy groups -OCH3 is 1. The van der Waals surface area contributed by atoms with Gasteiger partial charge in [0.05, 0.1) is 25.2 Å². The standard InChI is InChI=1S/C23H23FN4O4S/c1-31-18-7-14(4-5-17(18)24)9-26-22(30)20-27-21(29)19-16(12-33-23(19)28-20)11-32-10-15-3-2-13(6-15)8-25/h4-5,7,12-13,15H,2-3,6,9-11H2,1H3,(H,26,30)(H,27,28,29). The van der Waals surface area contributed by atoms with Gasteiger partial charge in [0.15, 0.2) is 11.6 Å². The van der Waals surface area contributed by atoms with Crippen LogP contribution in [0.25, 0.3) is 10.2 Å². The van der Waals surface area contributed by atoms with E-state index in [-0.39, 0.29) is 30.6 Å². The number of nitriles is 1. The molecule has 10 heteroatoms. The molecule has 2 aromatic heterocycles. The Hall–Kier alpha value is -3.29. The minimum absolute atomic E-state index is 0.0841. The Balaban J connectivity index is 1.39. The summed E-state index contributed by atoms with van der Waals surface area (Å²) in [6, 6.07) is 6.60. The Labute approximate surface area is 193 Å². The minimum Gasteiger partial charge on any atom is -0.494 e. The topological polar surface area (TPSA) is 117 Å². The van der Waals surface area contributed by atoms with Crippen LogP contribution in [0.5, 0.6) is 5.75 Å². The van der Waals surface area contributed by atoms with E-state index in [2.05, 4.69) is 21.4 Å². The molecule has 4 rings (SSSR count). The zero-order chi connectivity index (χ0) is 23.4. The number of ether oxygens (including phenoxy) is 2. The number of aromatic nitrogens is 2. The summed E-state index contributed by atoms with van der Waals surface area (Å²) in [4.78, 5) is 32.5. The van der Waals surface area contributed by atoms with Gasteiger partial charge < -0.3 is 19.8 Å². The van der Waals surface area contributed by atoms with Crippen molar-refractivity contribution in [1.29, 1.82) is 5.26 Å². The van der Waals surface area contributed by atoms with E-state index in [1.165, 1.54) is 36.6 Å². The number of benzene rings is 1. The third kappa shape index (κ3) is 5.21. The second-order valence-electron chi connectivity index (χ2n) is 8.03. The van der Waals surface area contributed by atoms with E-state index in [1.807, 2.05) is 5.38 Å². The van der Waals surface area contributed by atoms with Gasteiger partial charge in [-0.3, -0.25) is 9.59 Å². The summed E-state index contributed by atoms with van der Waals surface area (Å²) >= 11 is 1.28. The maximum atomic E-state index is 13.5. The number of carbonyl (C=O) groups is 1. The normalized spacial score (nSPS) is 17.7. The molecule has 1 saturated carbocycles. The van der Waals surface area contributed by atoms with E-state index in [9.17, 15) is 14.0 Å². The molecule has 0 radical (unpaired) electrons. The molecule has 2 unspecified atom stereocenters. The van der Waals surface area contributed by atoms with Gasteiger partial charge in [-0.25, -0.2) is 9.37 Å². The first kappa shape index (κ1) is 22.9. The first-order valence-corrected chi connectivity index (χ1v) is 11.4. The smallest absolute Gasteiger partial charge is 0.287 e. The quantitative estimate of drug-likeness (QED) is 0.520. The largest absolute Gasteiger partial charge is 0.494 e. The predicted octanol–water partition coefficient (Wildman–Crippen LogP) is 3.52. The van der Waals surface area contributed by atoms with Gasteiger partial charge in [0.1, 0.15) is 4.83 Å². The molecule has 1 aliphatic rings. The lowest BCUT2D eigenvalue weighted by molar-refractivity contribution is 0.0890. The molecule has 1 amide bonds. The fourth-order valence-corrected chi connectivity index (χ4v) is 4.91. The summed E-state index contributed by atoms with van der Waals surface area (Å²) in [6.45, 7) is 0.945. The summed E-state index contributed by atoms with van der Waals surface area (Å²) < 4.78 is 24.3. The van der Waals surface area contributed by atoms with Crippen molar-refractivity contribution in [3.05, 3.63) is 56.7 Å². The van der Waals surface area contributed by atoms with E-state index < -0.39 is 17.3 Å². The number of hydrogen-bond donors (Lipinski definition) is 2. The van der Waals surface area contributed by atoms with Gasteiger partial charge in [-0.2, -0.15) is 5.26 Å². The highest BCUT2D eigenvalue weighted by Gasteiger charge is 2.24. The second kappa shape index (κ2) is 10.1. The van der Waals surface area contributed by atoms with E-state index in [0.29, 0.717) is 28.3 Å². The molecule has 2 heterocycles. The van der Waals surface area contributed by atoms with Crippen LogP contribution in [-0.2, 0) is 17.9 Å². The lowest BCUT2D eigenvalue weighted by Crippen LogP contribution is -2.27. The van der Waals surface area contributed by atoms with Crippen molar-refractivity contribution in [3.63, 3.8) is 0 Å². The minimum atomic E-state index is -0.545. The summed E-state index contributed by atoms with van der Waals surface area (Å²) in [6.07, 6.45) is 2.75. The molecule has 1 fully saturated rings. The number of rotatable bonds is 8. The number of H-pyrrole nitrogens is 1. The lowest BCUT2D eigenvalue weighted by Gasteiger charge is -2.09. The van der Waals surface area contributed by atoms with Crippen LogP contribution in [-0.4, -0.2) is 29.6 Å².